The number of hydrogen-bond acceptors (Lipinski definition) is 2. The van der Waals surface area contributed by atoms with Gasteiger partial charge in [0.15, 0.2) is 0 Å². The van der Waals surface area contributed by atoms with Crippen LogP contribution < -0.4 is 4.72 Å². The molecule has 0 aromatic heterocycles. The lowest BCUT2D eigenvalue weighted by Crippen LogP contribution is -2.15. The summed E-state index contributed by atoms with van der Waals surface area (Å²) < 4.78 is 77.6. The summed E-state index contributed by atoms with van der Waals surface area (Å²) in [6.07, 6.45) is -4.92. The van der Waals surface area contributed by atoms with E-state index in [-0.39, 0.29) is 15.1 Å². The van der Waals surface area contributed by atoms with Crippen LogP contribution in [0.5, 0.6) is 0 Å². The lowest BCUT2D eigenvalue weighted by molar-refractivity contribution is -0.139. The molecule has 9 heteroatoms. The van der Waals surface area contributed by atoms with Crippen molar-refractivity contribution in [2.24, 2.45) is 0 Å². The fourth-order valence-electron chi connectivity index (χ4n) is 1.68. The molecule has 0 heterocycles. The summed E-state index contributed by atoms with van der Waals surface area (Å²) >= 11 is 3.04. The van der Waals surface area contributed by atoms with Gasteiger partial charge in [0.2, 0.25) is 0 Å². The molecule has 0 bridgehead atoms. The van der Waals surface area contributed by atoms with E-state index in [0.29, 0.717) is 12.1 Å². The van der Waals surface area contributed by atoms with E-state index in [9.17, 15) is 26.0 Å². The zero-order valence-electron chi connectivity index (χ0n) is 10.7. The third-order valence-electron chi connectivity index (χ3n) is 2.65. The molecule has 0 unspecified atom stereocenters. The minimum atomic E-state index is -4.92. The Bertz CT molecular complexity index is 806. The average Bonchev–Trinajstić information content (AvgIpc) is 2.39. The van der Waals surface area contributed by atoms with Crippen molar-refractivity contribution in [3.8, 4) is 0 Å². The van der Waals surface area contributed by atoms with Crippen molar-refractivity contribution in [2.75, 3.05) is 4.72 Å². The first-order valence-corrected chi connectivity index (χ1v) is 8.03. The molecule has 2 aromatic carbocycles. The lowest BCUT2D eigenvalue weighted by atomic mass is 10.2. The second-order valence-corrected chi connectivity index (χ2v) is 6.73. The monoisotopic (exact) mass is 397 g/mol. The summed E-state index contributed by atoms with van der Waals surface area (Å²) in [5.74, 6) is -1.48. The maximum atomic E-state index is 13.2. The Morgan fingerprint density at radius 1 is 1.05 bits per heavy atom. The summed E-state index contributed by atoms with van der Waals surface area (Å²) in [6, 6.07) is 7.68. The van der Waals surface area contributed by atoms with E-state index in [1.807, 2.05) is 4.72 Å². The van der Waals surface area contributed by atoms with Crippen LogP contribution in [0, 0.1) is 5.82 Å². The smallest absolute Gasteiger partial charge is 0.280 e. The van der Waals surface area contributed by atoms with Crippen LogP contribution in [0.25, 0.3) is 0 Å². The number of halogens is 5. The van der Waals surface area contributed by atoms with Crippen LogP contribution in [0.15, 0.2) is 51.8 Å². The first-order chi connectivity index (χ1) is 10.1. The van der Waals surface area contributed by atoms with Gasteiger partial charge in [0.25, 0.3) is 10.0 Å². The van der Waals surface area contributed by atoms with Crippen molar-refractivity contribution >= 4 is 31.6 Å². The highest BCUT2D eigenvalue weighted by atomic mass is 79.9. The topological polar surface area (TPSA) is 46.2 Å². The maximum Gasteiger partial charge on any atom is 0.419 e. The van der Waals surface area contributed by atoms with Gasteiger partial charge in [-0.15, -0.1) is 0 Å². The Morgan fingerprint density at radius 3 is 2.27 bits per heavy atom. The molecule has 0 saturated carbocycles. The highest BCUT2D eigenvalue weighted by molar-refractivity contribution is 9.10. The van der Waals surface area contributed by atoms with E-state index in [2.05, 4.69) is 15.9 Å². The molecule has 0 atom stereocenters. The molecular weight excluding hydrogens is 390 g/mol. The third kappa shape index (κ3) is 3.58. The van der Waals surface area contributed by atoms with Gasteiger partial charge in [-0.3, -0.25) is 4.72 Å². The van der Waals surface area contributed by atoms with Gasteiger partial charge in [0.05, 0.1) is 5.56 Å². The van der Waals surface area contributed by atoms with Crippen LogP contribution in [0.4, 0.5) is 23.2 Å². The Morgan fingerprint density at radius 2 is 1.68 bits per heavy atom. The predicted molar refractivity (Wildman–Crippen MR) is 76.4 cm³/mol. The molecule has 0 radical (unpaired) electrons. The molecule has 1 N–H and O–H groups in total. The molecule has 0 aliphatic rings. The Hall–Kier alpha value is -1.61. The number of benzene rings is 2. The van der Waals surface area contributed by atoms with Gasteiger partial charge in [-0.25, -0.2) is 12.8 Å². The minimum absolute atomic E-state index is 0.145. The quantitative estimate of drug-likeness (QED) is 0.779. The SMILES string of the molecule is O=S(=O)(Nc1ccc(F)c(C(F)(F)F)c1)c1ccccc1Br. The van der Waals surface area contributed by atoms with Gasteiger partial charge in [-0.05, 0) is 46.3 Å². The highest BCUT2D eigenvalue weighted by Gasteiger charge is 2.34. The van der Waals surface area contributed by atoms with Crippen LogP contribution in [-0.4, -0.2) is 8.42 Å². The maximum absolute atomic E-state index is 13.2. The number of hydrogen-bond donors (Lipinski definition) is 1. The first-order valence-electron chi connectivity index (χ1n) is 5.75. The molecule has 0 fully saturated rings. The van der Waals surface area contributed by atoms with Gasteiger partial charge in [-0.2, -0.15) is 13.2 Å². The average molecular weight is 398 g/mol. The van der Waals surface area contributed by atoms with Crippen molar-refractivity contribution in [2.45, 2.75) is 11.1 Å². The summed E-state index contributed by atoms with van der Waals surface area (Å²) in [4.78, 5) is -0.145. The molecule has 22 heavy (non-hydrogen) atoms. The molecular formula is C13H8BrF4NO2S. The summed E-state index contributed by atoms with van der Waals surface area (Å²) in [5, 5.41) is 0. The predicted octanol–water partition coefficient (Wildman–Crippen LogP) is 4.41. The lowest BCUT2D eigenvalue weighted by Gasteiger charge is -2.12. The van der Waals surface area contributed by atoms with Crippen LogP contribution in [0.1, 0.15) is 5.56 Å². The number of sulfonamides is 1. The first kappa shape index (κ1) is 16.8. The van der Waals surface area contributed by atoms with E-state index >= 15 is 0 Å². The molecule has 0 amide bonds. The van der Waals surface area contributed by atoms with E-state index in [1.54, 1.807) is 6.07 Å². The van der Waals surface area contributed by atoms with Crippen molar-refractivity contribution in [3.05, 3.63) is 58.3 Å². The summed E-state index contributed by atoms with van der Waals surface area (Å²) in [7, 11) is -4.11. The largest absolute Gasteiger partial charge is 0.419 e. The molecule has 2 aromatic rings. The fourth-order valence-corrected chi connectivity index (χ4v) is 3.73. The zero-order valence-corrected chi connectivity index (χ0v) is 13.1. The standard InChI is InChI=1S/C13H8BrF4NO2S/c14-10-3-1-2-4-12(10)22(20,21)19-8-5-6-11(15)9(7-8)13(16,17)18/h1-7,19H. The molecule has 0 aliphatic heterocycles. The van der Waals surface area contributed by atoms with Crippen LogP contribution in [0.3, 0.4) is 0 Å². The van der Waals surface area contributed by atoms with E-state index in [4.69, 9.17) is 0 Å². The number of rotatable bonds is 3. The van der Waals surface area contributed by atoms with Crippen molar-refractivity contribution in [1.29, 1.82) is 0 Å². The Labute approximate surface area is 132 Å². The van der Waals surface area contributed by atoms with E-state index < -0.39 is 27.6 Å². The van der Waals surface area contributed by atoms with Gasteiger partial charge in [0, 0.05) is 10.2 Å². The zero-order chi connectivity index (χ0) is 16.5. The van der Waals surface area contributed by atoms with Crippen LogP contribution >= 0.6 is 15.9 Å². The van der Waals surface area contributed by atoms with Crippen LogP contribution in [-0.2, 0) is 16.2 Å². The van der Waals surface area contributed by atoms with Crippen molar-refractivity contribution in [3.63, 3.8) is 0 Å². The normalized spacial score (nSPS) is 12.2. The molecule has 0 saturated heterocycles. The Kier molecular flexibility index (Phi) is 4.48. The number of nitrogens with one attached hydrogen (secondary N) is 1. The molecule has 0 spiro atoms. The van der Waals surface area contributed by atoms with Gasteiger partial charge in [-0.1, -0.05) is 12.1 Å². The van der Waals surface area contributed by atoms with Crippen LogP contribution in [0.2, 0.25) is 0 Å². The number of anilines is 1. The molecule has 2 rings (SSSR count). The van der Waals surface area contributed by atoms with E-state index in [0.717, 1.165) is 6.07 Å². The minimum Gasteiger partial charge on any atom is -0.280 e. The van der Waals surface area contributed by atoms with E-state index in [1.165, 1.54) is 18.2 Å². The fraction of sp³-hybridized carbons (Fsp3) is 0.0769. The van der Waals surface area contributed by atoms with Gasteiger partial charge in [0.1, 0.15) is 10.7 Å². The van der Waals surface area contributed by atoms with Crippen molar-refractivity contribution in [1.82, 2.24) is 0 Å². The van der Waals surface area contributed by atoms with Gasteiger partial charge < -0.3 is 0 Å². The van der Waals surface area contributed by atoms with Crippen molar-refractivity contribution < 1.29 is 26.0 Å². The molecule has 118 valence electrons. The summed E-state index contributed by atoms with van der Waals surface area (Å²) in [5.41, 5.74) is -1.93. The second-order valence-electron chi connectivity index (χ2n) is 4.23. The summed E-state index contributed by atoms with van der Waals surface area (Å²) in [6.45, 7) is 0. The second kappa shape index (κ2) is 5.88. The van der Waals surface area contributed by atoms with Gasteiger partial charge >= 0.3 is 6.18 Å². The molecule has 0 aliphatic carbocycles. The third-order valence-corrected chi connectivity index (χ3v) is 5.04. The molecule has 3 nitrogen and oxygen atoms in total. The highest BCUT2D eigenvalue weighted by Crippen LogP contribution is 2.33. The Balaban J connectivity index is 2.41. The number of alkyl halides is 3.